The SMILES string of the molecule is CCC(C)NCc1cccc(C2CC2)c1. The first kappa shape index (κ1) is 10.7. The van der Waals surface area contributed by atoms with Crippen LogP contribution in [0.15, 0.2) is 24.3 Å². The molecule has 0 amide bonds. The fraction of sp³-hybridized carbons (Fsp3) is 0.571. The summed E-state index contributed by atoms with van der Waals surface area (Å²) in [6, 6.07) is 9.68. The van der Waals surface area contributed by atoms with E-state index < -0.39 is 0 Å². The number of benzene rings is 1. The van der Waals surface area contributed by atoms with E-state index in [4.69, 9.17) is 0 Å². The summed E-state index contributed by atoms with van der Waals surface area (Å²) in [6.45, 7) is 5.47. The lowest BCUT2D eigenvalue weighted by molar-refractivity contribution is 0.534. The van der Waals surface area contributed by atoms with Crippen molar-refractivity contribution in [2.45, 2.75) is 51.6 Å². The van der Waals surface area contributed by atoms with Crippen LogP contribution in [0, 0.1) is 0 Å². The van der Waals surface area contributed by atoms with Gasteiger partial charge in [0.2, 0.25) is 0 Å². The summed E-state index contributed by atoms with van der Waals surface area (Å²) >= 11 is 0. The maximum absolute atomic E-state index is 3.54. The molecular formula is C14H21N. The van der Waals surface area contributed by atoms with Crippen LogP contribution in [-0.4, -0.2) is 6.04 Å². The number of rotatable bonds is 5. The van der Waals surface area contributed by atoms with Gasteiger partial charge in [-0.15, -0.1) is 0 Å². The van der Waals surface area contributed by atoms with Gasteiger partial charge in [0.1, 0.15) is 0 Å². The van der Waals surface area contributed by atoms with Gasteiger partial charge < -0.3 is 5.32 Å². The van der Waals surface area contributed by atoms with Crippen molar-refractivity contribution in [2.24, 2.45) is 0 Å². The van der Waals surface area contributed by atoms with Crippen molar-refractivity contribution in [1.29, 1.82) is 0 Å². The molecule has 1 unspecified atom stereocenters. The van der Waals surface area contributed by atoms with Crippen LogP contribution in [0.2, 0.25) is 0 Å². The first-order valence-corrected chi connectivity index (χ1v) is 6.12. The number of nitrogens with one attached hydrogen (secondary N) is 1. The second kappa shape index (κ2) is 4.80. The maximum Gasteiger partial charge on any atom is 0.0208 e. The lowest BCUT2D eigenvalue weighted by Gasteiger charge is -2.11. The summed E-state index contributed by atoms with van der Waals surface area (Å²) in [7, 11) is 0. The van der Waals surface area contributed by atoms with E-state index in [0.717, 1.165) is 12.5 Å². The zero-order chi connectivity index (χ0) is 10.7. The minimum atomic E-state index is 0.620. The molecular weight excluding hydrogens is 182 g/mol. The summed E-state index contributed by atoms with van der Waals surface area (Å²) in [6.07, 6.45) is 3.98. The highest BCUT2D eigenvalue weighted by Crippen LogP contribution is 2.40. The van der Waals surface area contributed by atoms with Gasteiger partial charge in [0.15, 0.2) is 0 Å². The molecule has 82 valence electrons. The Kier molecular flexibility index (Phi) is 3.42. The Morgan fingerprint density at radius 3 is 2.87 bits per heavy atom. The summed E-state index contributed by atoms with van der Waals surface area (Å²) in [5.41, 5.74) is 2.97. The van der Waals surface area contributed by atoms with Crippen molar-refractivity contribution >= 4 is 0 Å². The molecule has 2 rings (SSSR count). The Morgan fingerprint density at radius 1 is 1.40 bits per heavy atom. The third kappa shape index (κ3) is 3.07. The average molecular weight is 203 g/mol. The van der Waals surface area contributed by atoms with Crippen molar-refractivity contribution in [3.05, 3.63) is 35.4 Å². The second-order valence-corrected chi connectivity index (χ2v) is 4.71. The molecule has 1 nitrogen and oxygen atoms in total. The van der Waals surface area contributed by atoms with E-state index in [-0.39, 0.29) is 0 Å². The topological polar surface area (TPSA) is 12.0 Å². The van der Waals surface area contributed by atoms with Crippen LogP contribution in [0.4, 0.5) is 0 Å². The summed E-state index contributed by atoms with van der Waals surface area (Å²) < 4.78 is 0. The Hall–Kier alpha value is -0.820. The molecule has 0 aromatic heterocycles. The van der Waals surface area contributed by atoms with Gasteiger partial charge in [-0.1, -0.05) is 31.2 Å². The van der Waals surface area contributed by atoms with Crippen LogP contribution in [0.1, 0.15) is 50.2 Å². The predicted molar refractivity (Wildman–Crippen MR) is 65.0 cm³/mol. The molecule has 0 spiro atoms. The first-order chi connectivity index (χ1) is 7.29. The smallest absolute Gasteiger partial charge is 0.0208 e. The third-order valence-electron chi connectivity index (χ3n) is 3.27. The Balaban J connectivity index is 1.92. The fourth-order valence-electron chi connectivity index (χ4n) is 1.81. The average Bonchev–Trinajstić information content (AvgIpc) is 3.10. The highest BCUT2D eigenvalue weighted by molar-refractivity contribution is 5.29. The molecule has 1 aliphatic rings. The van der Waals surface area contributed by atoms with Gasteiger partial charge in [0, 0.05) is 12.6 Å². The van der Waals surface area contributed by atoms with E-state index in [9.17, 15) is 0 Å². The highest BCUT2D eigenvalue weighted by atomic mass is 14.9. The molecule has 0 bridgehead atoms. The first-order valence-electron chi connectivity index (χ1n) is 6.12. The molecule has 1 aromatic rings. The van der Waals surface area contributed by atoms with Crippen LogP contribution in [-0.2, 0) is 6.54 Å². The summed E-state index contributed by atoms with van der Waals surface area (Å²) in [5, 5.41) is 3.54. The third-order valence-corrected chi connectivity index (χ3v) is 3.27. The van der Waals surface area contributed by atoms with Crippen LogP contribution >= 0.6 is 0 Å². The van der Waals surface area contributed by atoms with Gasteiger partial charge in [-0.25, -0.2) is 0 Å². The van der Waals surface area contributed by atoms with E-state index in [0.29, 0.717) is 6.04 Å². The van der Waals surface area contributed by atoms with E-state index >= 15 is 0 Å². The molecule has 1 aromatic carbocycles. The number of hydrogen-bond acceptors (Lipinski definition) is 1. The van der Waals surface area contributed by atoms with Gasteiger partial charge in [-0.2, -0.15) is 0 Å². The van der Waals surface area contributed by atoms with Gasteiger partial charge in [-0.3, -0.25) is 0 Å². The lowest BCUT2D eigenvalue weighted by atomic mass is 10.1. The molecule has 0 aliphatic heterocycles. The Labute approximate surface area is 92.9 Å². The van der Waals surface area contributed by atoms with Gasteiger partial charge in [-0.05, 0) is 43.2 Å². The van der Waals surface area contributed by atoms with Crippen molar-refractivity contribution in [2.75, 3.05) is 0 Å². The molecule has 0 radical (unpaired) electrons. The molecule has 1 saturated carbocycles. The predicted octanol–water partition coefficient (Wildman–Crippen LogP) is 3.45. The van der Waals surface area contributed by atoms with Crippen LogP contribution < -0.4 is 5.32 Å². The molecule has 0 saturated heterocycles. The lowest BCUT2D eigenvalue weighted by Crippen LogP contribution is -2.24. The molecule has 1 N–H and O–H groups in total. The zero-order valence-corrected chi connectivity index (χ0v) is 9.79. The van der Waals surface area contributed by atoms with E-state index in [1.807, 2.05) is 0 Å². The van der Waals surface area contributed by atoms with E-state index in [1.165, 1.54) is 24.8 Å². The van der Waals surface area contributed by atoms with Crippen LogP contribution in [0.3, 0.4) is 0 Å². The maximum atomic E-state index is 3.54. The fourth-order valence-corrected chi connectivity index (χ4v) is 1.81. The Bertz CT molecular complexity index is 315. The van der Waals surface area contributed by atoms with Gasteiger partial charge in [0.25, 0.3) is 0 Å². The highest BCUT2D eigenvalue weighted by Gasteiger charge is 2.23. The van der Waals surface area contributed by atoms with Gasteiger partial charge in [0.05, 0.1) is 0 Å². The quantitative estimate of drug-likeness (QED) is 0.773. The van der Waals surface area contributed by atoms with E-state index in [2.05, 4.69) is 43.4 Å². The molecule has 0 heterocycles. The second-order valence-electron chi connectivity index (χ2n) is 4.71. The van der Waals surface area contributed by atoms with Crippen LogP contribution in [0.25, 0.3) is 0 Å². The summed E-state index contributed by atoms with van der Waals surface area (Å²) in [5.74, 6) is 0.869. The minimum absolute atomic E-state index is 0.620. The molecule has 1 aliphatic carbocycles. The standard InChI is InChI=1S/C14H21N/c1-3-11(2)15-10-12-5-4-6-14(9-12)13-7-8-13/h4-6,9,11,13,15H,3,7-8,10H2,1-2H3. The van der Waals surface area contributed by atoms with Crippen molar-refractivity contribution < 1.29 is 0 Å². The van der Waals surface area contributed by atoms with Gasteiger partial charge >= 0.3 is 0 Å². The minimum Gasteiger partial charge on any atom is -0.310 e. The van der Waals surface area contributed by atoms with E-state index in [1.54, 1.807) is 5.56 Å². The van der Waals surface area contributed by atoms with Crippen molar-refractivity contribution in [3.63, 3.8) is 0 Å². The molecule has 1 fully saturated rings. The monoisotopic (exact) mass is 203 g/mol. The molecule has 15 heavy (non-hydrogen) atoms. The van der Waals surface area contributed by atoms with Crippen LogP contribution in [0.5, 0.6) is 0 Å². The Morgan fingerprint density at radius 2 is 2.20 bits per heavy atom. The van der Waals surface area contributed by atoms with Crippen molar-refractivity contribution in [1.82, 2.24) is 5.32 Å². The molecule has 1 heteroatoms. The number of hydrogen-bond donors (Lipinski definition) is 1. The summed E-state index contributed by atoms with van der Waals surface area (Å²) in [4.78, 5) is 0. The zero-order valence-electron chi connectivity index (χ0n) is 9.79. The molecule has 1 atom stereocenters. The normalized spacial score (nSPS) is 17.7. The largest absolute Gasteiger partial charge is 0.310 e. The van der Waals surface area contributed by atoms with Crippen molar-refractivity contribution in [3.8, 4) is 0 Å².